The lowest BCUT2D eigenvalue weighted by molar-refractivity contribution is 0.109. The number of thiazole rings is 1. The van der Waals surface area contributed by atoms with E-state index in [0.29, 0.717) is 12.5 Å². The molecule has 0 bridgehead atoms. The standard InChI is InChI=1S/C12H20N2OS/c1-8-9(2)16-11(14-8)5-12(6-13,7-15)10-3-4-10/h10,15H,3-7,13H2,1-2H3. The van der Waals surface area contributed by atoms with Gasteiger partial charge in [0, 0.05) is 23.3 Å². The summed E-state index contributed by atoms with van der Waals surface area (Å²) >= 11 is 1.74. The maximum atomic E-state index is 9.62. The first kappa shape index (κ1) is 12.0. The van der Waals surface area contributed by atoms with Crippen LogP contribution in [0.25, 0.3) is 0 Å². The van der Waals surface area contributed by atoms with Gasteiger partial charge in [0.05, 0.1) is 17.3 Å². The van der Waals surface area contributed by atoms with Gasteiger partial charge in [-0.25, -0.2) is 4.98 Å². The summed E-state index contributed by atoms with van der Waals surface area (Å²) in [6.07, 6.45) is 3.26. The normalized spacial score (nSPS) is 19.8. The van der Waals surface area contributed by atoms with Crippen molar-refractivity contribution in [1.29, 1.82) is 0 Å². The Morgan fingerprint density at radius 1 is 1.50 bits per heavy atom. The van der Waals surface area contributed by atoms with E-state index in [4.69, 9.17) is 5.73 Å². The molecule has 0 aliphatic heterocycles. The van der Waals surface area contributed by atoms with Crippen molar-refractivity contribution in [2.45, 2.75) is 33.1 Å². The number of nitrogens with zero attached hydrogens (tertiary/aromatic N) is 1. The molecule has 0 saturated heterocycles. The van der Waals surface area contributed by atoms with E-state index in [9.17, 15) is 5.11 Å². The first-order valence-electron chi connectivity index (χ1n) is 5.85. The molecular formula is C12H20N2OS. The average Bonchev–Trinajstić information content (AvgIpc) is 3.05. The van der Waals surface area contributed by atoms with E-state index in [1.807, 2.05) is 6.92 Å². The molecule has 3 nitrogen and oxygen atoms in total. The van der Waals surface area contributed by atoms with E-state index in [-0.39, 0.29) is 12.0 Å². The summed E-state index contributed by atoms with van der Waals surface area (Å²) < 4.78 is 0. The highest BCUT2D eigenvalue weighted by molar-refractivity contribution is 7.11. The minimum atomic E-state index is -0.114. The maximum absolute atomic E-state index is 9.62. The molecular weight excluding hydrogens is 220 g/mol. The van der Waals surface area contributed by atoms with Crippen LogP contribution in [0.1, 0.15) is 28.4 Å². The van der Waals surface area contributed by atoms with E-state index in [2.05, 4.69) is 11.9 Å². The van der Waals surface area contributed by atoms with Gasteiger partial charge in [-0.05, 0) is 32.6 Å². The SMILES string of the molecule is Cc1nc(CC(CN)(CO)C2CC2)sc1C. The second-order valence-corrected chi connectivity index (χ2v) is 6.21. The Kier molecular flexibility index (Phi) is 3.33. The molecule has 0 spiro atoms. The van der Waals surface area contributed by atoms with Gasteiger partial charge in [-0.1, -0.05) is 0 Å². The van der Waals surface area contributed by atoms with Crippen molar-refractivity contribution < 1.29 is 5.11 Å². The maximum Gasteiger partial charge on any atom is 0.0937 e. The third kappa shape index (κ3) is 2.14. The number of aryl methyl sites for hydroxylation is 2. The fraction of sp³-hybridized carbons (Fsp3) is 0.750. The summed E-state index contributed by atoms with van der Waals surface area (Å²) in [5.41, 5.74) is 6.87. The van der Waals surface area contributed by atoms with Crippen LogP contribution in [0.4, 0.5) is 0 Å². The van der Waals surface area contributed by atoms with Crippen molar-refractivity contribution in [1.82, 2.24) is 4.98 Å². The topological polar surface area (TPSA) is 59.1 Å². The van der Waals surface area contributed by atoms with E-state index < -0.39 is 0 Å². The second kappa shape index (κ2) is 4.43. The lowest BCUT2D eigenvalue weighted by Crippen LogP contribution is -2.38. The number of nitrogens with two attached hydrogens (primary N) is 1. The Morgan fingerprint density at radius 3 is 2.56 bits per heavy atom. The number of hydrogen-bond acceptors (Lipinski definition) is 4. The van der Waals surface area contributed by atoms with Crippen LogP contribution in [-0.4, -0.2) is 23.2 Å². The molecule has 1 saturated carbocycles. The molecule has 1 atom stereocenters. The van der Waals surface area contributed by atoms with Crippen molar-refractivity contribution >= 4 is 11.3 Å². The van der Waals surface area contributed by atoms with Crippen LogP contribution >= 0.6 is 11.3 Å². The van der Waals surface area contributed by atoms with Crippen LogP contribution < -0.4 is 5.73 Å². The molecule has 90 valence electrons. The minimum absolute atomic E-state index is 0.114. The highest BCUT2D eigenvalue weighted by atomic mass is 32.1. The van der Waals surface area contributed by atoms with Gasteiger partial charge >= 0.3 is 0 Å². The number of hydrogen-bond donors (Lipinski definition) is 2. The molecule has 1 aromatic rings. The fourth-order valence-electron chi connectivity index (χ4n) is 2.24. The number of aromatic nitrogens is 1. The number of aliphatic hydroxyl groups is 1. The fourth-order valence-corrected chi connectivity index (χ4v) is 3.33. The highest BCUT2D eigenvalue weighted by Crippen LogP contribution is 2.47. The molecule has 2 rings (SSSR count). The largest absolute Gasteiger partial charge is 0.396 e. The predicted molar refractivity (Wildman–Crippen MR) is 66.6 cm³/mol. The Hall–Kier alpha value is -0.450. The zero-order chi connectivity index (χ0) is 11.8. The predicted octanol–water partition coefficient (Wildman–Crippen LogP) is 1.65. The van der Waals surface area contributed by atoms with Gasteiger partial charge in [-0.2, -0.15) is 0 Å². The van der Waals surface area contributed by atoms with Crippen molar-refractivity contribution in [3.8, 4) is 0 Å². The molecule has 16 heavy (non-hydrogen) atoms. The monoisotopic (exact) mass is 240 g/mol. The molecule has 1 heterocycles. The van der Waals surface area contributed by atoms with Gasteiger partial charge in [-0.3, -0.25) is 0 Å². The van der Waals surface area contributed by atoms with Crippen LogP contribution in [0.5, 0.6) is 0 Å². The van der Waals surface area contributed by atoms with E-state index in [1.54, 1.807) is 11.3 Å². The summed E-state index contributed by atoms with van der Waals surface area (Å²) in [6, 6.07) is 0. The van der Waals surface area contributed by atoms with Gasteiger partial charge in [0.15, 0.2) is 0 Å². The van der Waals surface area contributed by atoms with Gasteiger partial charge in [0.25, 0.3) is 0 Å². The molecule has 1 aliphatic rings. The van der Waals surface area contributed by atoms with Gasteiger partial charge < -0.3 is 10.8 Å². The van der Waals surface area contributed by atoms with E-state index >= 15 is 0 Å². The zero-order valence-electron chi connectivity index (χ0n) is 9.99. The summed E-state index contributed by atoms with van der Waals surface area (Å²) in [7, 11) is 0. The second-order valence-electron chi connectivity index (χ2n) is 4.92. The number of aliphatic hydroxyl groups excluding tert-OH is 1. The van der Waals surface area contributed by atoms with Crippen LogP contribution in [-0.2, 0) is 6.42 Å². The molecule has 1 fully saturated rings. The summed E-state index contributed by atoms with van der Waals surface area (Å²) in [4.78, 5) is 5.83. The first-order chi connectivity index (χ1) is 7.61. The molecule has 0 radical (unpaired) electrons. The van der Waals surface area contributed by atoms with Gasteiger partial charge in [0.2, 0.25) is 0 Å². The van der Waals surface area contributed by atoms with E-state index in [0.717, 1.165) is 17.1 Å². The number of rotatable bonds is 5. The third-order valence-corrected chi connectivity index (χ3v) is 4.81. The average molecular weight is 240 g/mol. The Labute approximate surface area is 101 Å². The third-order valence-electron chi connectivity index (χ3n) is 3.74. The summed E-state index contributed by atoms with van der Waals surface area (Å²) in [5.74, 6) is 0.604. The first-order valence-corrected chi connectivity index (χ1v) is 6.67. The quantitative estimate of drug-likeness (QED) is 0.822. The van der Waals surface area contributed by atoms with Crippen LogP contribution in [0.3, 0.4) is 0 Å². The van der Waals surface area contributed by atoms with Crippen molar-refractivity contribution in [2.24, 2.45) is 17.1 Å². The van der Waals surface area contributed by atoms with Gasteiger partial charge in [0.1, 0.15) is 0 Å². The van der Waals surface area contributed by atoms with Crippen molar-refractivity contribution in [3.63, 3.8) is 0 Å². The summed E-state index contributed by atoms with van der Waals surface area (Å²) in [6.45, 7) is 4.88. The molecule has 3 N–H and O–H groups in total. The molecule has 0 aromatic carbocycles. The van der Waals surface area contributed by atoms with Crippen LogP contribution in [0.15, 0.2) is 0 Å². The minimum Gasteiger partial charge on any atom is -0.396 e. The Balaban J connectivity index is 2.16. The van der Waals surface area contributed by atoms with E-state index in [1.165, 1.54) is 17.7 Å². The van der Waals surface area contributed by atoms with Gasteiger partial charge in [-0.15, -0.1) is 11.3 Å². The molecule has 4 heteroatoms. The van der Waals surface area contributed by atoms with Crippen LogP contribution in [0.2, 0.25) is 0 Å². The van der Waals surface area contributed by atoms with Crippen molar-refractivity contribution in [3.05, 3.63) is 15.6 Å². The molecule has 1 aliphatic carbocycles. The summed E-state index contributed by atoms with van der Waals surface area (Å²) in [5, 5.41) is 10.7. The zero-order valence-corrected chi connectivity index (χ0v) is 10.8. The lowest BCUT2D eigenvalue weighted by atomic mass is 9.80. The molecule has 1 aromatic heterocycles. The molecule has 1 unspecified atom stereocenters. The van der Waals surface area contributed by atoms with Crippen molar-refractivity contribution in [2.75, 3.05) is 13.2 Å². The lowest BCUT2D eigenvalue weighted by Gasteiger charge is -2.29. The van der Waals surface area contributed by atoms with Crippen LogP contribution in [0, 0.1) is 25.2 Å². The Bertz CT molecular complexity index is 348. The Morgan fingerprint density at radius 2 is 2.19 bits per heavy atom. The highest BCUT2D eigenvalue weighted by Gasteiger charge is 2.44. The molecule has 0 amide bonds. The smallest absolute Gasteiger partial charge is 0.0937 e.